The molecule has 0 radical (unpaired) electrons. The highest BCUT2D eigenvalue weighted by atomic mass is 15.0. The average molecular weight is 828 g/mol. The van der Waals surface area contributed by atoms with Gasteiger partial charge in [0.1, 0.15) is 0 Å². The van der Waals surface area contributed by atoms with E-state index in [2.05, 4.69) is 255 Å². The molecule has 0 N–H and O–H groups in total. The fourth-order valence-corrected chi connectivity index (χ4v) is 10.3. The van der Waals surface area contributed by atoms with Gasteiger partial charge in [-0.1, -0.05) is 217 Å². The van der Waals surface area contributed by atoms with Gasteiger partial charge < -0.3 is 4.57 Å². The van der Waals surface area contributed by atoms with Crippen molar-refractivity contribution in [2.24, 2.45) is 0 Å². The summed E-state index contributed by atoms with van der Waals surface area (Å²) in [5.41, 5.74) is 20.9. The highest BCUT2D eigenvalue weighted by Gasteiger charge is 2.18. The maximum Gasteiger partial charge on any atom is 0.0541 e. The molecule has 0 aliphatic carbocycles. The Kier molecular flexibility index (Phi) is 9.35. The third kappa shape index (κ3) is 6.81. The van der Waals surface area contributed by atoms with Gasteiger partial charge in [0.2, 0.25) is 0 Å². The summed E-state index contributed by atoms with van der Waals surface area (Å²) in [6, 6.07) is 87.1. The first-order chi connectivity index (χ1) is 32.0. The largest absolute Gasteiger partial charge is 0.309 e. The SMILES string of the molecule is Cc1cc(C)cc(-c2ccc(-c3ccc(-c4c5ccccc5c(-c5ccc(-c6ccc(-c7ccc8c(c7)c7ccccc7n8-c7ccccc7)cc6)cc5)c5ccccc45)cc3)cc2)c1. The van der Waals surface area contributed by atoms with Crippen molar-refractivity contribution in [3.05, 3.63) is 248 Å². The highest BCUT2D eigenvalue weighted by molar-refractivity contribution is 6.21. The molecule has 0 atom stereocenters. The van der Waals surface area contributed by atoms with Crippen LogP contribution >= 0.6 is 0 Å². The van der Waals surface area contributed by atoms with Crippen molar-refractivity contribution in [1.82, 2.24) is 4.57 Å². The maximum absolute atomic E-state index is 2.37. The molecule has 12 rings (SSSR count). The first kappa shape index (κ1) is 38.4. The minimum absolute atomic E-state index is 1.17. The van der Waals surface area contributed by atoms with Crippen LogP contribution in [-0.4, -0.2) is 4.57 Å². The first-order valence-electron chi connectivity index (χ1n) is 22.6. The second kappa shape index (κ2) is 15.8. The number of fused-ring (bicyclic) bond motifs is 5. The predicted octanol–water partition coefficient (Wildman–Crippen LogP) is 17.7. The van der Waals surface area contributed by atoms with Gasteiger partial charge in [0.15, 0.2) is 0 Å². The van der Waals surface area contributed by atoms with Gasteiger partial charge in [-0.3, -0.25) is 0 Å². The normalized spacial score (nSPS) is 11.5. The molecule has 306 valence electrons. The molecule has 1 heterocycles. The molecular formula is C64H45N. The summed E-state index contributed by atoms with van der Waals surface area (Å²) in [6.45, 7) is 4.33. The standard InChI is InChI=1S/C64H45N/c1-42-38-43(2)40-53(39-42)49-26-22-45(23-27-49)47-30-34-51(35-31-47)64-58-17-8-6-15-56(58)63(57-16-7-9-18-59(57)64)50-32-28-46(29-33-50)44-20-24-48(25-21-44)52-36-37-62-60(41-52)55-14-10-11-19-61(55)65(62)54-12-4-3-5-13-54/h3-41H,1-2H3. The lowest BCUT2D eigenvalue weighted by molar-refractivity contribution is 1.18. The Bertz CT molecular complexity index is 3650. The van der Waals surface area contributed by atoms with Gasteiger partial charge in [-0.15, -0.1) is 0 Å². The Hall–Kier alpha value is -8.26. The minimum Gasteiger partial charge on any atom is -0.309 e. The lowest BCUT2D eigenvalue weighted by atomic mass is 9.85. The molecule has 65 heavy (non-hydrogen) atoms. The van der Waals surface area contributed by atoms with Crippen molar-refractivity contribution in [2.45, 2.75) is 13.8 Å². The van der Waals surface area contributed by atoms with Crippen molar-refractivity contribution in [3.63, 3.8) is 0 Å². The zero-order valence-corrected chi connectivity index (χ0v) is 36.5. The van der Waals surface area contributed by atoms with Gasteiger partial charge in [-0.25, -0.2) is 0 Å². The number of nitrogens with zero attached hydrogens (tertiary/aromatic N) is 1. The van der Waals surface area contributed by atoms with Crippen LogP contribution in [0.4, 0.5) is 0 Å². The summed E-state index contributed by atoms with van der Waals surface area (Å²) < 4.78 is 2.37. The van der Waals surface area contributed by atoms with E-state index in [4.69, 9.17) is 0 Å². The molecule has 1 aromatic heterocycles. The maximum atomic E-state index is 2.37. The Balaban J connectivity index is 0.853. The Morgan fingerprint density at radius 3 is 1.03 bits per heavy atom. The third-order valence-electron chi connectivity index (χ3n) is 13.3. The van der Waals surface area contributed by atoms with Gasteiger partial charge >= 0.3 is 0 Å². The van der Waals surface area contributed by atoms with Crippen LogP contribution in [0.5, 0.6) is 0 Å². The number of hydrogen-bond donors (Lipinski definition) is 0. The van der Waals surface area contributed by atoms with Crippen molar-refractivity contribution in [2.75, 3.05) is 0 Å². The average Bonchev–Trinajstić information content (AvgIpc) is 3.69. The van der Waals surface area contributed by atoms with E-state index in [1.807, 2.05) is 0 Å². The Labute approximate surface area is 380 Å². The van der Waals surface area contributed by atoms with Gasteiger partial charge in [-0.2, -0.15) is 0 Å². The molecule has 0 aliphatic rings. The molecule has 0 bridgehead atoms. The number of hydrogen-bond acceptors (Lipinski definition) is 0. The molecule has 0 spiro atoms. The van der Waals surface area contributed by atoms with Crippen molar-refractivity contribution in [3.8, 4) is 72.4 Å². The van der Waals surface area contributed by atoms with E-state index < -0.39 is 0 Å². The highest BCUT2D eigenvalue weighted by Crippen LogP contribution is 2.44. The fourth-order valence-electron chi connectivity index (χ4n) is 10.3. The summed E-state index contributed by atoms with van der Waals surface area (Å²) in [4.78, 5) is 0. The molecule has 11 aromatic carbocycles. The second-order valence-corrected chi connectivity index (χ2v) is 17.4. The summed E-state index contributed by atoms with van der Waals surface area (Å²) >= 11 is 0. The lowest BCUT2D eigenvalue weighted by Crippen LogP contribution is -1.92. The van der Waals surface area contributed by atoms with Gasteiger partial charge in [-0.05, 0) is 132 Å². The number of aryl methyl sites for hydroxylation is 2. The van der Waals surface area contributed by atoms with Crippen LogP contribution in [0.2, 0.25) is 0 Å². The number of rotatable bonds is 7. The molecule has 0 amide bonds. The predicted molar refractivity (Wildman–Crippen MR) is 278 cm³/mol. The van der Waals surface area contributed by atoms with E-state index in [-0.39, 0.29) is 0 Å². The van der Waals surface area contributed by atoms with E-state index in [9.17, 15) is 0 Å². The van der Waals surface area contributed by atoms with Crippen LogP contribution in [0, 0.1) is 13.8 Å². The lowest BCUT2D eigenvalue weighted by Gasteiger charge is -2.18. The third-order valence-corrected chi connectivity index (χ3v) is 13.3. The van der Waals surface area contributed by atoms with E-state index >= 15 is 0 Å². The van der Waals surface area contributed by atoms with E-state index in [1.54, 1.807) is 0 Å². The topological polar surface area (TPSA) is 4.93 Å². The summed E-state index contributed by atoms with van der Waals surface area (Å²) in [6.07, 6.45) is 0. The van der Waals surface area contributed by atoms with E-state index in [0.717, 1.165) is 0 Å². The van der Waals surface area contributed by atoms with Crippen LogP contribution in [0.25, 0.3) is 116 Å². The molecule has 0 aliphatic heterocycles. The molecule has 12 aromatic rings. The molecule has 1 heteroatoms. The molecular weight excluding hydrogens is 783 g/mol. The Morgan fingerprint density at radius 2 is 0.569 bits per heavy atom. The van der Waals surface area contributed by atoms with Crippen LogP contribution in [0.3, 0.4) is 0 Å². The van der Waals surface area contributed by atoms with Crippen LogP contribution in [0.15, 0.2) is 237 Å². The summed E-state index contributed by atoms with van der Waals surface area (Å²) in [5, 5.41) is 7.56. The van der Waals surface area contributed by atoms with E-state index in [1.165, 1.54) is 127 Å². The molecule has 0 unspecified atom stereocenters. The monoisotopic (exact) mass is 827 g/mol. The van der Waals surface area contributed by atoms with Gasteiger partial charge in [0, 0.05) is 16.5 Å². The number of para-hydroxylation sites is 2. The number of aromatic nitrogens is 1. The van der Waals surface area contributed by atoms with E-state index in [0.29, 0.717) is 0 Å². The zero-order chi connectivity index (χ0) is 43.4. The van der Waals surface area contributed by atoms with Gasteiger partial charge in [0.05, 0.1) is 11.0 Å². The summed E-state index contributed by atoms with van der Waals surface area (Å²) in [5.74, 6) is 0. The molecule has 0 fully saturated rings. The van der Waals surface area contributed by atoms with Crippen molar-refractivity contribution in [1.29, 1.82) is 0 Å². The van der Waals surface area contributed by atoms with Crippen LogP contribution < -0.4 is 0 Å². The Morgan fingerprint density at radius 1 is 0.231 bits per heavy atom. The quantitative estimate of drug-likeness (QED) is 0.141. The van der Waals surface area contributed by atoms with Crippen molar-refractivity contribution >= 4 is 43.4 Å². The van der Waals surface area contributed by atoms with Crippen LogP contribution in [0.1, 0.15) is 11.1 Å². The fraction of sp³-hybridized carbons (Fsp3) is 0.0312. The van der Waals surface area contributed by atoms with Crippen LogP contribution in [-0.2, 0) is 0 Å². The minimum atomic E-state index is 1.17. The molecule has 0 saturated carbocycles. The molecule has 0 saturated heterocycles. The zero-order valence-electron chi connectivity index (χ0n) is 36.5. The van der Waals surface area contributed by atoms with Crippen molar-refractivity contribution < 1.29 is 0 Å². The van der Waals surface area contributed by atoms with Gasteiger partial charge in [0.25, 0.3) is 0 Å². The first-order valence-corrected chi connectivity index (χ1v) is 22.6. The summed E-state index contributed by atoms with van der Waals surface area (Å²) in [7, 11) is 0. The number of benzene rings is 11. The second-order valence-electron chi connectivity index (χ2n) is 17.4. The molecule has 1 nitrogen and oxygen atoms in total. The smallest absolute Gasteiger partial charge is 0.0541 e.